The number of allylic oxidation sites excluding steroid dienone is 2. The highest BCUT2D eigenvalue weighted by Crippen LogP contribution is 2.47. The lowest BCUT2D eigenvalue weighted by atomic mass is 9.71. The van der Waals surface area contributed by atoms with E-state index in [1.165, 1.54) is 0 Å². The van der Waals surface area contributed by atoms with Crippen molar-refractivity contribution < 1.29 is 72.3 Å². The number of aliphatic hydroxyl groups excluding tert-OH is 1. The zero-order valence-electron chi connectivity index (χ0n) is 44.0. The van der Waals surface area contributed by atoms with Crippen molar-refractivity contribution in [1.82, 2.24) is 5.32 Å². The number of aromatic carboxylic acids is 1. The summed E-state index contributed by atoms with van der Waals surface area (Å²) in [6, 6.07) is 8.34. The third-order valence-corrected chi connectivity index (χ3v) is 15.9. The highest BCUT2D eigenvalue weighted by Gasteiger charge is 2.60. The molecule has 1 aliphatic carbocycles. The molecule has 20 atom stereocenters. The van der Waals surface area contributed by atoms with E-state index in [2.05, 4.69) is 52.1 Å². The first-order valence-corrected chi connectivity index (χ1v) is 26.0. The average molecular weight is 1010 g/mol. The molecule has 1 spiro atoms. The number of carboxylic acid groups (broad SMARTS) is 1. The second-order valence-corrected chi connectivity index (χ2v) is 21.0. The summed E-state index contributed by atoms with van der Waals surface area (Å²) in [7, 11) is 5.30. The van der Waals surface area contributed by atoms with Crippen LogP contribution in [0.5, 0.6) is 0 Å². The Bertz CT molecular complexity index is 2140. The number of carbonyl (C=O) groups is 2. The number of esters is 1. The van der Waals surface area contributed by atoms with E-state index in [1.807, 2.05) is 39.1 Å². The van der Waals surface area contributed by atoms with E-state index in [0.29, 0.717) is 48.8 Å². The first-order valence-electron chi connectivity index (χ1n) is 26.0. The minimum atomic E-state index is -1.83. The van der Waals surface area contributed by atoms with Gasteiger partial charge in [-0.2, -0.15) is 0 Å². The van der Waals surface area contributed by atoms with Crippen molar-refractivity contribution in [1.29, 1.82) is 0 Å². The molecule has 0 amide bonds. The monoisotopic (exact) mass is 1010 g/mol. The van der Waals surface area contributed by atoms with Crippen LogP contribution in [0.2, 0.25) is 0 Å². The number of nitrogens with one attached hydrogen (secondary N) is 1. The van der Waals surface area contributed by atoms with Crippen LogP contribution in [0, 0.1) is 23.7 Å². The topological polar surface area (TPSA) is 199 Å². The summed E-state index contributed by atoms with van der Waals surface area (Å²) in [5.41, 5.74) is 0.511. The lowest BCUT2D eigenvalue weighted by Crippen LogP contribution is -2.58. The van der Waals surface area contributed by atoms with Gasteiger partial charge in [-0.15, -0.1) is 0 Å². The van der Waals surface area contributed by atoms with E-state index in [4.69, 9.17) is 52.5 Å². The van der Waals surface area contributed by atoms with Gasteiger partial charge in [-0.1, -0.05) is 88.8 Å². The molecule has 16 nitrogen and oxygen atoms in total. The zero-order chi connectivity index (χ0) is 52.1. The predicted molar refractivity (Wildman–Crippen MR) is 268 cm³/mol. The van der Waals surface area contributed by atoms with E-state index in [0.717, 1.165) is 12.0 Å². The Labute approximate surface area is 426 Å². The molecule has 4 fully saturated rings. The van der Waals surface area contributed by atoms with Gasteiger partial charge in [-0.05, 0) is 82.0 Å². The van der Waals surface area contributed by atoms with Crippen molar-refractivity contribution in [3.05, 3.63) is 95.1 Å². The minimum absolute atomic E-state index is 0.0411. The van der Waals surface area contributed by atoms with Crippen molar-refractivity contribution in [3.63, 3.8) is 0 Å². The minimum Gasteiger partial charge on any atom is -0.478 e. The number of carboxylic acids is 1. The SMILES string of the molecule is CC[C@H](C)[C@H]1O[C@]2(C=C[C@@H]1C)C[C@@H]1C[C@@H](CC=C(C)[C@@H](O[C@H]3C[C@H](OC)[C@@H](O[C@H]4C[C@H](OC)[C@@H](NC)[C@H](C)O4)[C@H](C)O3)[C@@H](C)C=CC=C3CO[C@@H]4[C@H](O)C(C)=C[C@@H](C(=O)O1)[C@]34O)O2.O=C(O)c1ccccc1. The molecule has 6 heterocycles. The van der Waals surface area contributed by atoms with Gasteiger partial charge in [-0.25, -0.2) is 4.79 Å². The fourth-order valence-corrected chi connectivity index (χ4v) is 11.6. The number of benzene rings is 1. The van der Waals surface area contributed by atoms with E-state index in [1.54, 1.807) is 63.6 Å². The number of aliphatic hydroxyl groups is 2. The molecular formula is C56H81NO15. The summed E-state index contributed by atoms with van der Waals surface area (Å²) in [6.45, 7) is 16.4. The molecule has 2 bridgehead atoms. The maximum absolute atomic E-state index is 14.4. The maximum Gasteiger partial charge on any atom is 0.335 e. The number of hydrogen-bond donors (Lipinski definition) is 4. The number of rotatable bonds is 10. The second-order valence-electron chi connectivity index (χ2n) is 21.0. The summed E-state index contributed by atoms with van der Waals surface area (Å²) < 4.78 is 64.6. The van der Waals surface area contributed by atoms with Gasteiger partial charge in [0.25, 0.3) is 0 Å². The van der Waals surface area contributed by atoms with Gasteiger partial charge in [0.2, 0.25) is 0 Å². The van der Waals surface area contributed by atoms with Crippen molar-refractivity contribution in [3.8, 4) is 0 Å². The van der Waals surface area contributed by atoms with Crippen LogP contribution in [0.15, 0.2) is 89.6 Å². The van der Waals surface area contributed by atoms with Crippen LogP contribution in [0.25, 0.3) is 0 Å². The number of fused-ring (bicyclic) bond motifs is 2. The van der Waals surface area contributed by atoms with Gasteiger partial charge >= 0.3 is 11.9 Å². The fourth-order valence-electron chi connectivity index (χ4n) is 11.6. The molecular weight excluding hydrogens is 927 g/mol. The number of ether oxygens (including phenoxy) is 10. The van der Waals surface area contributed by atoms with E-state index in [9.17, 15) is 19.8 Å². The van der Waals surface area contributed by atoms with Crippen LogP contribution < -0.4 is 5.32 Å². The molecule has 0 aromatic heterocycles. The van der Waals surface area contributed by atoms with E-state index >= 15 is 0 Å². The number of likely N-dealkylation sites (N-methyl/N-ethyl adjacent to an activating group) is 1. The third kappa shape index (κ3) is 12.4. The summed E-state index contributed by atoms with van der Waals surface area (Å²) >= 11 is 0. The van der Waals surface area contributed by atoms with Crippen molar-refractivity contribution in [2.45, 2.75) is 191 Å². The summed E-state index contributed by atoms with van der Waals surface area (Å²) in [6.07, 6.45) is 10.7. The molecule has 16 heteroatoms. The molecule has 4 N–H and O–H groups in total. The molecule has 0 radical (unpaired) electrons. The lowest BCUT2D eigenvalue weighted by Gasteiger charge is -2.48. The normalized spacial score (nSPS) is 41.7. The Morgan fingerprint density at radius 2 is 1.60 bits per heavy atom. The largest absolute Gasteiger partial charge is 0.478 e. The molecule has 0 saturated carbocycles. The smallest absolute Gasteiger partial charge is 0.335 e. The molecule has 6 aliphatic heterocycles. The zero-order valence-corrected chi connectivity index (χ0v) is 44.0. The molecule has 400 valence electrons. The fraction of sp³-hybridized carbons (Fsp3) is 0.679. The molecule has 4 saturated heterocycles. The van der Waals surface area contributed by atoms with Gasteiger partial charge in [0.05, 0.1) is 60.9 Å². The van der Waals surface area contributed by atoms with Gasteiger partial charge < -0.3 is 68.0 Å². The van der Waals surface area contributed by atoms with Crippen molar-refractivity contribution >= 4 is 11.9 Å². The summed E-state index contributed by atoms with van der Waals surface area (Å²) in [5.74, 6) is -3.39. The molecule has 72 heavy (non-hydrogen) atoms. The van der Waals surface area contributed by atoms with E-state index < -0.39 is 72.3 Å². The standard InChI is InChI=1S/C49H75NO13.C7H6O2/c1-12-26(2)44-29(5)18-19-48(63-44)24-35-21-34(62-48)17-16-28(4)43(27(3)14-13-15-33-25-56-46-42(51)30(6)20-36(47(52)59-35)49(33,46)53)60-40-23-38(55-11)45(32(8)58-40)61-39-22-37(54-10)41(50-9)31(7)57-39;8-7(9)6-4-2-1-3-5-6/h13-16,18-20,26-27,29,31-32,34-46,50-51,53H,12,17,21-25H2,1-11H3;1-5H,(H,8,9)/t26-,27-,29-,31-,32-,34+,35-,36-,37-,38-,39-,40-,41-,42+,43-,44+,45-,46+,48+,49+;/m0./s1. The van der Waals surface area contributed by atoms with Crippen LogP contribution in [-0.4, -0.2) is 152 Å². The van der Waals surface area contributed by atoms with Gasteiger partial charge in [-0.3, -0.25) is 4.79 Å². The average Bonchev–Trinajstić information content (AvgIpc) is 3.70. The van der Waals surface area contributed by atoms with Crippen LogP contribution >= 0.6 is 0 Å². The number of methoxy groups -OCH3 is 2. The molecule has 8 rings (SSSR count). The van der Waals surface area contributed by atoms with Gasteiger partial charge in [0, 0.05) is 51.7 Å². The van der Waals surface area contributed by atoms with Crippen molar-refractivity contribution in [2.75, 3.05) is 27.9 Å². The number of hydrogen-bond acceptors (Lipinski definition) is 15. The molecule has 7 aliphatic rings. The highest BCUT2D eigenvalue weighted by molar-refractivity contribution is 5.87. The quantitative estimate of drug-likeness (QED) is 0.138. The molecule has 0 unspecified atom stereocenters. The second kappa shape index (κ2) is 24.4. The number of carbonyl (C=O) groups excluding carboxylic acids is 1. The highest BCUT2D eigenvalue weighted by atomic mass is 16.7. The Morgan fingerprint density at radius 3 is 2.26 bits per heavy atom. The van der Waals surface area contributed by atoms with Crippen LogP contribution in [0.1, 0.15) is 104 Å². The van der Waals surface area contributed by atoms with Crippen LogP contribution in [0.4, 0.5) is 0 Å². The van der Waals surface area contributed by atoms with Gasteiger partial charge in [0.1, 0.15) is 35.9 Å². The Balaban J connectivity index is 0.000000761. The Morgan fingerprint density at radius 1 is 0.903 bits per heavy atom. The maximum atomic E-state index is 14.4. The Hall–Kier alpha value is -3.62. The summed E-state index contributed by atoms with van der Waals surface area (Å²) in [4.78, 5) is 24.6. The predicted octanol–water partition coefficient (Wildman–Crippen LogP) is 6.99. The van der Waals surface area contributed by atoms with Crippen molar-refractivity contribution in [2.24, 2.45) is 23.7 Å². The first-order chi connectivity index (χ1) is 34.3. The molecule has 1 aromatic rings. The lowest BCUT2D eigenvalue weighted by molar-refractivity contribution is -0.312. The van der Waals surface area contributed by atoms with E-state index in [-0.39, 0.29) is 67.0 Å². The Kier molecular flexibility index (Phi) is 19.0. The first kappa shape index (κ1) is 56.1. The van der Waals surface area contributed by atoms with Gasteiger partial charge in [0.15, 0.2) is 18.4 Å². The van der Waals surface area contributed by atoms with Crippen LogP contribution in [0.3, 0.4) is 0 Å². The van der Waals surface area contributed by atoms with Crippen LogP contribution in [-0.2, 0) is 52.2 Å². The third-order valence-electron chi connectivity index (χ3n) is 15.9. The summed E-state index contributed by atoms with van der Waals surface area (Å²) in [5, 5.41) is 35.4. The molecule has 1 aromatic carbocycles.